The van der Waals surface area contributed by atoms with E-state index in [-0.39, 0.29) is 17.6 Å². The second kappa shape index (κ2) is 6.19. The number of hydrogen-bond acceptors (Lipinski definition) is 6. The van der Waals surface area contributed by atoms with Crippen LogP contribution in [-0.4, -0.2) is 67.5 Å². The van der Waals surface area contributed by atoms with E-state index in [1.807, 2.05) is 6.92 Å². The fraction of sp³-hybridized carbons (Fsp3) is 0.556. The minimum Gasteiger partial charge on any atom is -0.383 e. The van der Waals surface area contributed by atoms with Gasteiger partial charge in [0.2, 0.25) is 0 Å². The molecule has 9 heteroatoms. The van der Waals surface area contributed by atoms with Crippen molar-refractivity contribution in [2.24, 2.45) is 0 Å². The number of nitrogens with two attached hydrogens (primary N) is 1. The molecule has 4 rings (SSSR count). The van der Waals surface area contributed by atoms with Crippen LogP contribution in [0.25, 0.3) is 10.9 Å². The average molecular weight is 371 g/mol. The minimum atomic E-state index is -0.678. The van der Waals surface area contributed by atoms with Gasteiger partial charge >= 0.3 is 11.8 Å². The quantitative estimate of drug-likeness (QED) is 0.676. The molecule has 0 bridgehead atoms. The van der Waals surface area contributed by atoms with Gasteiger partial charge in [-0.2, -0.15) is 5.10 Å². The van der Waals surface area contributed by atoms with Crippen molar-refractivity contribution in [1.29, 1.82) is 0 Å². The molecule has 0 unspecified atom stereocenters. The lowest BCUT2D eigenvalue weighted by Crippen LogP contribution is -2.62. The van der Waals surface area contributed by atoms with Gasteiger partial charge in [0.25, 0.3) is 0 Å². The predicted octanol–water partition coefficient (Wildman–Crippen LogP) is 0.952. The molecule has 2 atom stereocenters. The number of carbonyl (C=O) groups is 2. The Morgan fingerprint density at radius 1 is 1.26 bits per heavy atom. The van der Waals surface area contributed by atoms with Gasteiger partial charge in [0.05, 0.1) is 29.0 Å². The molecule has 1 saturated carbocycles. The zero-order valence-corrected chi connectivity index (χ0v) is 15.8. The van der Waals surface area contributed by atoms with Crippen LogP contribution in [0.5, 0.6) is 0 Å². The molecule has 9 nitrogen and oxygen atoms in total. The topological polar surface area (TPSA) is 120 Å². The Bertz CT molecular complexity index is 904. The molecule has 1 aliphatic carbocycles. The van der Waals surface area contributed by atoms with Crippen molar-refractivity contribution in [3.05, 3.63) is 12.4 Å². The first-order valence-corrected chi connectivity index (χ1v) is 9.26. The highest BCUT2D eigenvalue weighted by molar-refractivity contribution is 6.40. The Labute approximate surface area is 157 Å². The molecule has 2 amide bonds. The van der Waals surface area contributed by atoms with Gasteiger partial charge in [0, 0.05) is 30.7 Å². The van der Waals surface area contributed by atoms with Gasteiger partial charge in [0.1, 0.15) is 5.82 Å². The third-order valence-corrected chi connectivity index (χ3v) is 5.87. The molecule has 2 aliphatic rings. The minimum absolute atomic E-state index is 0.0198. The lowest BCUT2D eigenvalue weighted by Gasteiger charge is -2.46. The van der Waals surface area contributed by atoms with Crippen molar-refractivity contribution in [3.63, 3.8) is 0 Å². The maximum absolute atomic E-state index is 12.8. The molecule has 0 spiro atoms. The second-order valence-electron chi connectivity index (χ2n) is 7.97. The number of rotatable bonds is 2. The number of aromatic amines is 1. The van der Waals surface area contributed by atoms with Crippen molar-refractivity contribution in [1.82, 2.24) is 25.0 Å². The fourth-order valence-corrected chi connectivity index (χ4v) is 3.98. The predicted molar refractivity (Wildman–Crippen MR) is 102 cm³/mol. The van der Waals surface area contributed by atoms with Crippen LogP contribution in [0.4, 0.5) is 11.5 Å². The molecular formula is C18H25N7O2. The van der Waals surface area contributed by atoms with E-state index in [0.29, 0.717) is 29.0 Å². The summed E-state index contributed by atoms with van der Waals surface area (Å²) < 4.78 is 0. The van der Waals surface area contributed by atoms with E-state index in [1.165, 1.54) is 25.2 Å². The largest absolute Gasteiger partial charge is 0.383 e. The lowest BCUT2D eigenvalue weighted by molar-refractivity contribution is -0.148. The highest BCUT2D eigenvalue weighted by Gasteiger charge is 2.48. The number of nitrogens with one attached hydrogen (secondary N) is 2. The summed E-state index contributed by atoms with van der Waals surface area (Å²) in [5.41, 5.74) is 7.00. The summed E-state index contributed by atoms with van der Waals surface area (Å²) >= 11 is 0. The zero-order chi connectivity index (χ0) is 19.3. The third-order valence-electron chi connectivity index (χ3n) is 5.87. The van der Waals surface area contributed by atoms with E-state index >= 15 is 0 Å². The van der Waals surface area contributed by atoms with E-state index in [1.54, 1.807) is 4.90 Å². The van der Waals surface area contributed by atoms with Crippen molar-refractivity contribution in [2.45, 2.75) is 51.2 Å². The van der Waals surface area contributed by atoms with Gasteiger partial charge in [-0.15, -0.1) is 0 Å². The first-order valence-electron chi connectivity index (χ1n) is 9.26. The molecule has 1 saturated heterocycles. The molecule has 2 aromatic heterocycles. The van der Waals surface area contributed by atoms with Crippen molar-refractivity contribution in [3.8, 4) is 0 Å². The van der Waals surface area contributed by atoms with Crippen LogP contribution >= 0.6 is 0 Å². The number of hydrogen-bond donors (Lipinski definition) is 3. The fourth-order valence-electron chi connectivity index (χ4n) is 3.98. The molecule has 1 aliphatic heterocycles. The van der Waals surface area contributed by atoms with E-state index < -0.39 is 11.8 Å². The van der Waals surface area contributed by atoms with Crippen LogP contribution in [0.15, 0.2) is 12.4 Å². The Morgan fingerprint density at radius 2 is 2.00 bits per heavy atom. The third kappa shape index (κ3) is 3.01. The molecule has 27 heavy (non-hydrogen) atoms. The van der Waals surface area contributed by atoms with Crippen LogP contribution in [0, 0.1) is 0 Å². The molecule has 0 radical (unpaired) electrons. The summed E-state index contributed by atoms with van der Waals surface area (Å²) in [4.78, 5) is 33.6. The van der Waals surface area contributed by atoms with Crippen LogP contribution in [-0.2, 0) is 9.59 Å². The van der Waals surface area contributed by atoms with Crippen LogP contribution in [0.3, 0.4) is 0 Å². The lowest BCUT2D eigenvalue weighted by atomic mass is 10.0. The maximum Gasteiger partial charge on any atom is 0.314 e. The molecule has 0 aromatic carbocycles. The number of anilines is 2. The van der Waals surface area contributed by atoms with Crippen LogP contribution in [0.1, 0.15) is 33.6 Å². The Hall–Kier alpha value is -2.68. The molecular weight excluding hydrogens is 346 g/mol. The van der Waals surface area contributed by atoms with E-state index in [4.69, 9.17) is 5.73 Å². The van der Waals surface area contributed by atoms with E-state index in [2.05, 4.69) is 39.2 Å². The number of nitrogens with zero attached hydrogens (tertiary/aromatic N) is 4. The first-order chi connectivity index (χ1) is 12.8. The van der Waals surface area contributed by atoms with Gasteiger partial charge in [-0.25, -0.2) is 4.98 Å². The average Bonchev–Trinajstić information content (AvgIpc) is 3.18. The molecule has 3 heterocycles. The summed E-state index contributed by atoms with van der Waals surface area (Å²) in [7, 11) is 0. The number of pyridine rings is 1. The van der Waals surface area contributed by atoms with Gasteiger partial charge in [-0.1, -0.05) is 0 Å². The number of carbonyl (C=O) groups excluding carboxylic acids is 2. The zero-order valence-electron chi connectivity index (χ0n) is 15.8. The summed E-state index contributed by atoms with van der Waals surface area (Å²) in [5, 5.41) is 9.97. The summed E-state index contributed by atoms with van der Waals surface area (Å²) in [6.07, 6.45) is 5.36. The van der Waals surface area contributed by atoms with Crippen molar-refractivity contribution in [2.75, 3.05) is 24.1 Å². The summed E-state index contributed by atoms with van der Waals surface area (Å²) in [6.45, 7) is 7.71. The van der Waals surface area contributed by atoms with E-state index in [9.17, 15) is 9.59 Å². The smallest absolute Gasteiger partial charge is 0.314 e. The number of amides is 2. The van der Waals surface area contributed by atoms with Crippen molar-refractivity contribution < 1.29 is 9.59 Å². The Balaban J connectivity index is 1.48. The van der Waals surface area contributed by atoms with Crippen LogP contribution < -0.4 is 11.1 Å². The summed E-state index contributed by atoms with van der Waals surface area (Å²) in [5.74, 6) is -0.891. The van der Waals surface area contributed by atoms with Gasteiger partial charge < -0.3 is 16.0 Å². The Kier molecular flexibility index (Phi) is 4.06. The normalized spacial score (nSPS) is 24.8. The standard InChI is InChI=1S/C18H25N7O2/c1-10-9-25(18(3)4-5-18)11(2)8-24(10)17(27)16(26)22-13-7-20-15(19)12-6-21-23-14(12)13/h6-7,10-11H,4-5,8-9H2,1-3H3,(H2,19,20)(H,21,23)(H,22,26)/t10-,11+/m0/s1. The van der Waals surface area contributed by atoms with Gasteiger partial charge in [0.15, 0.2) is 0 Å². The van der Waals surface area contributed by atoms with Gasteiger partial charge in [-0.3, -0.25) is 19.6 Å². The van der Waals surface area contributed by atoms with Crippen molar-refractivity contribution >= 4 is 34.2 Å². The SMILES string of the molecule is C[C@@H]1CN(C(=O)C(=O)Nc2cnc(N)c3cn[nH]c23)[C@@H](C)CN1C1(C)CC1. The highest BCUT2D eigenvalue weighted by Crippen LogP contribution is 2.43. The number of piperazine rings is 1. The Morgan fingerprint density at radius 3 is 2.70 bits per heavy atom. The van der Waals surface area contributed by atoms with E-state index in [0.717, 1.165) is 6.54 Å². The van der Waals surface area contributed by atoms with Crippen LogP contribution in [0.2, 0.25) is 0 Å². The highest BCUT2D eigenvalue weighted by atomic mass is 16.2. The molecule has 4 N–H and O–H groups in total. The number of aromatic nitrogens is 3. The number of fused-ring (bicyclic) bond motifs is 1. The number of nitrogen functional groups attached to an aromatic ring is 1. The maximum atomic E-state index is 12.8. The number of H-pyrrole nitrogens is 1. The molecule has 2 aromatic rings. The van der Waals surface area contributed by atoms with Gasteiger partial charge in [-0.05, 0) is 33.6 Å². The molecule has 2 fully saturated rings. The molecule has 144 valence electrons. The summed E-state index contributed by atoms with van der Waals surface area (Å²) in [6, 6.07) is 0.205. The second-order valence-corrected chi connectivity index (χ2v) is 7.97. The monoisotopic (exact) mass is 371 g/mol. The first kappa shape index (κ1) is 17.7.